The molecule has 1 aromatic heterocycles. The van der Waals surface area contributed by atoms with Crippen LogP contribution in [-0.2, 0) is 6.54 Å². The first-order valence-corrected chi connectivity index (χ1v) is 5.91. The van der Waals surface area contributed by atoms with Gasteiger partial charge in [-0.05, 0) is 24.6 Å². The van der Waals surface area contributed by atoms with E-state index in [0.717, 1.165) is 11.3 Å². The lowest BCUT2D eigenvalue weighted by atomic mass is 10.2. The lowest BCUT2D eigenvalue weighted by Crippen LogP contribution is -2.02. The highest BCUT2D eigenvalue weighted by Gasteiger charge is 2.23. The first-order valence-electron chi connectivity index (χ1n) is 5.53. The van der Waals surface area contributed by atoms with Gasteiger partial charge in [0.15, 0.2) is 0 Å². The third kappa shape index (κ3) is 2.68. The molecule has 0 saturated carbocycles. The van der Waals surface area contributed by atoms with Crippen molar-refractivity contribution in [3.05, 3.63) is 50.8 Å². The van der Waals surface area contributed by atoms with Crippen LogP contribution < -0.4 is 4.74 Å². The first-order chi connectivity index (χ1) is 9.02. The predicted molar refractivity (Wildman–Crippen MR) is 70.7 cm³/mol. The molecule has 1 aromatic carbocycles. The van der Waals surface area contributed by atoms with Crippen molar-refractivity contribution in [2.75, 3.05) is 7.11 Å². The quantitative estimate of drug-likeness (QED) is 0.638. The van der Waals surface area contributed by atoms with Crippen molar-refractivity contribution in [1.82, 2.24) is 9.78 Å². The third-order valence-electron chi connectivity index (χ3n) is 2.71. The van der Waals surface area contributed by atoms with Crippen molar-refractivity contribution in [2.45, 2.75) is 13.5 Å². The van der Waals surface area contributed by atoms with Gasteiger partial charge in [0.1, 0.15) is 11.4 Å². The SMILES string of the molecule is COc1ccc(Cn2nc(C)c([N+](=O)[O-])c2Cl)cc1. The van der Waals surface area contributed by atoms with Crippen LogP contribution in [0.3, 0.4) is 0 Å². The number of methoxy groups -OCH3 is 1. The molecular weight excluding hydrogens is 270 g/mol. The van der Waals surface area contributed by atoms with Gasteiger partial charge in [0.05, 0.1) is 18.6 Å². The Morgan fingerprint density at radius 3 is 2.53 bits per heavy atom. The Bertz CT molecular complexity index is 607. The minimum Gasteiger partial charge on any atom is -0.497 e. The van der Waals surface area contributed by atoms with Crippen LogP contribution in [0.25, 0.3) is 0 Å². The average Bonchev–Trinajstić information content (AvgIpc) is 2.65. The van der Waals surface area contributed by atoms with Gasteiger partial charge in [0, 0.05) is 0 Å². The van der Waals surface area contributed by atoms with Crippen molar-refractivity contribution >= 4 is 17.3 Å². The summed E-state index contributed by atoms with van der Waals surface area (Å²) in [7, 11) is 1.59. The van der Waals surface area contributed by atoms with E-state index in [-0.39, 0.29) is 10.8 Å². The molecule has 0 radical (unpaired) electrons. The summed E-state index contributed by atoms with van der Waals surface area (Å²) in [6.07, 6.45) is 0. The maximum Gasteiger partial charge on any atom is 0.328 e. The highest BCUT2D eigenvalue weighted by Crippen LogP contribution is 2.28. The van der Waals surface area contributed by atoms with Gasteiger partial charge in [-0.15, -0.1) is 0 Å². The average molecular weight is 282 g/mol. The van der Waals surface area contributed by atoms with E-state index in [1.807, 2.05) is 24.3 Å². The number of ether oxygens (including phenoxy) is 1. The molecule has 0 N–H and O–H groups in total. The summed E-state index contributed by atoms with van der Waals surface area (Å²) in [6.45, 7) is 1.94. The zero-order valence-corrected chi connectivity index (χ0v) is 11.2. The molecule has 0 fully saturated rings. The van der Waals surface area contributed by atoms with Gasteiger partial charge in [-0.25, -0.2) is 4.68 Å². The fourth-order valence-electron chi connectivity index (χ4n) is 1.76. The standard InChI is InChI=1S/C12H12ClN3O3/c1-8-11(16(17)18)12(13)15(14-8)7-9-3-5-10(19-2)6-4-9/h3-6H,7H2,1-2H3. The summed E-state index contributed by atoms with van der Waals surface area (Å²) in [5.74, 6) is 0.748. The molecule has 0 aliphatic heterocycles. The highest BCUT2D eigenvalue weighted by atomic mass is 35.5. The van der Waals surface area contributed by atoms with Crippen LogP contribution in [0.2, 0.25) is 5.15 Å². The van der Waals surface area contributed by atoms with E-state index in [1.165, 1.54) is 4.68 Å². The van der Waals surface area contributed by atoms with Gasteiger partial charge in [-0.3, -0.25) is 10.1 Å². The van der Waals surface area contributed by atoms with Crippen LogP contribution in [0.4, 0.5) is 5.69 Å². The molecule has 1 heterocycles. The van der Waals surface area contributed by atoms with Crippen LogP contribution in [0.15, 0.2) is 24.3 Å². The summed E-state index contributed by atoms with van der Waals surface area (Å²) in [4.78, 5) is 10.3. The van der Waals surface area contributed by atoms with E-state index >= 15 is 0 Å². The van der Waals surface area contributed by atoms with E-state index in [9.17, 15) is 10.1 Å². The maximum atomic E-state index is 10.8. The molecule has 0 aliphatic rings. The van der Waals surface area contributed by atoms with Gasteiger partial charge in [-0.2, -0.15) is 5.10 Å². The normalized spacial score (nSPS) is 10.5. The van der Waals surface area contributed by atoms with E-state index in [2.05, 4.69) is 5.10 Å². The number of halogens is 1. The molecule has 0 unspecified atom stereocenters. The van der Waals surface area contributed by atoms with Crippen molar-refractivity contribution in [1.29, 1.82) is 0 Å². The van der Waals surface area contributed by atoms with E-state index in [1.54, 1.807) is 14.0 Å². The third-order valence-corrected chi connectivity index (χ3v) is 3.08. The smallest absolute Gasteiger partial charge is 0.328 e. The number of hydrogen-bond acceptors (Lipinski definition) is 4. The fourth-order valence-corrected chi connectivity index (χ4v) is 2.06. The Hall–Kier alpha value is -2.08. The topological polar surface area (TPSA) is 70.2 Å². The van der Waals surface area contributed by atoms with Gasteiger partial charge < -0.3 is 4.74 Å². The highest BCUT2D eigenvalue weighted by molar-refractivity contribution is 6.31. The molecule has 6 nitrogen and oxygen atoms in total. The van der Waals surface area contributed by atoms with E-state index in [0.29, 0.717) is 12.2 Å². The molecule has 0 spiro atoms. The monoisotopic (exact) mass is 281 g/mol. The Morgan fingerprint density at radius 2 is 2.05 bits per heavy atom. The zero-order valence-electron chi connectivity index (χ0n) is 10.5. The Morgan fingerprint density at radius 1 is 1.42 bits per heavy atom. The van der Waals surface area contributed by atoms with Gasteiger partial charge in [0.2, 0.25) is 5.15 Å². The predicted octanol–water partition coefficient (Wildman–Crippen LogP) is 2.81. The number of nitrogens with zero attached hydrogens (tertiary/aromatic N) is 3. The minimum absolute atomic E-state index is 0.0401. The van der Waals surface area contributed by atoms with E-state index < -0.39 is 4.92 Å². The molecular formula is C12H12ClN3O3. The molecule has 0 bridgehead atoms. The van der Waals surface area contributed by atoms with Crippen LogP contribution in [0, 0.1) is 17.0 Å². The van der Waals surface area contributed by atoms with Crippen LogP contribution in [0.1, 0.15) is 11.3 Å². The molecule has 2 rings (SSSR count). The number of benzene rings is 1. The lowest BCUT2D eigenvalue weighted by Gasteiger charge is -2.04. The molecule has 0 atom stereocenters. The maximum absolute atomic E-state index is 10.8. The number of rotatable bonds is 4. The molecule has 0 saturated heterocycles. The van der Waals surface area contributed by atoms with Crippen molar-refractivity contribution in [3.63, 3.8) is 0 Å². The van der Waals surface area contributed by atoms with Crippen LogP contribution >= 0.6 is 11.6 Å². The second-order valence-electron chi connectivity index (χ2n) is 3.99. The van der Waals surface area contributed by atoms with Crippen molar-refractivity contribution in [2.24, 2.45) is 0 Å². The Balaban J connectivity index is 2.28. The second-order valence-corrected chi connectivity index (χ2v) is 4.35. The van der Waals surface area contributed by atoms with Gasteiger partial charge >= 0.3 is 5.69 Å². The number of nitro groups is 1. The Kier molecular flexibility index (Phi) is 3.71. The summed E-state index contributed by atoms with van der Waals surface area (Å²) < 4.78 is 6.47. The summed E-state index contributed by atoms with van der Waals surface area (Å²) in [5.41, 5.74) is 1.10. The zero-order chi connectivity index (χ0) is 14.0. The number of aromatic nitrogens is 2. The number of aryl methyl sites for hydroxylation is 1. The van der Waals surface area contributed by atoms with Gasteiger partial charge in [0.25, 0.3) is 0 Å². The summed E-state index contributed by atoms with van der Waals surface area (Å²) >= 11 is 5.97. The van der Waals surface area contributed by atoms with E-state index in [4.69, 9.17) is 16.3 Å². The second kappa shape index (κ2) is 5.27. The van der Waals surface area contributed by atoms with Crippen LogP contribution in [-0.4, -0.2) is 21.8 Å². The lowest BCUT2D eigenvalue weighted by molar-refractivity contribution is -0.385. The molecule has 7 heteroatoms. The van der Waals surface area contributed by atoms with Crippen molar-refractivity contribution in [3.8, 4) is 5.75 Å². The summed E-state index contributed by atoms with van der Waals surface area (Å²) in [5, 5.41) is 15.0. The number of hydrogen-bond donors (Lipinski definition) is 0. The van der Waals surface area contributed by atoms with Crippen LogP contribution in [0.5, 0.6) is 5.75 Å². The molecule has 0 amide bonds. The molecule has 19 heavy (non-hydrogen) atoms. The van der Waals surface area contributed by atoms with Crippen molar-refractivity contribution < 1.29 is 9.66 Å². The van der Waals surface area contributed by atoms with Gasteiger partial charge in [-0.1, -0.05) is 23.7 Å². The minimum atomic E-state index is -0.519. The molecule has 2 aromatic rings. The Labute approximate surface area is 114 Å². The largest absolute Gasteiger partial charge is 0.497 e. The first kappa shape index (κ1) is 13.4. The fraction of sp³-hybridized carbons (Fsp3) is 0.250. The molecule has 100 valence electrons. The summed E-state index contributed by atoms with van der Waals surface area (Å²) in [6, 6.07) is 7.35. The molecule has 0 aliphatic carbocycles.